The third kappa shape index (κ3) is 2.48. The van der Waals surface area contributed by atoms with Crippen molar-refractivity contribution in [3.05, 3.63) is 59.2 Å². The quantitative estimate of drug-likeness (QED) is 0.882. The third-order valence-electron chi connectivity index (χ3n) is 5.95. The number of rotatable bonds is 2. The van der Waals surface area contributed by atoms with Crippen molar-refractivity contribution in [2.75, 3.05) is 0 Å². The van der Waals surface area contributed by atoms with Gasteiger partial charge in [0, 0.05) is 18.3 Å². The van der Waals surface area contributed by atoms with Crippen molar-refractivity contribution in [1.29, 1.82) is 0 Å². The molecule has 0 saturated heterocycles. The van der Waals surface area contributed by atoms with Gasteiger partial charge in [-0.25, -0.2) is 0 Å². The molecule has 3 nitrogen and oxygen atoms in total. The van der Waals surface area contributed by atoms with E-state index in [0.29, 0.717) is 30.3 Å². The molecule has 0 aliphatic heterocycles. The lowest BCUT2D eigenvalue weighted by molar-refractivity contribution is -0.123. The van der Waals surface area contributed by atoms with Gasteiger partial charge in [0.1, 0.15) is 17.3 Å². The molecule has 2 aromatic carbocycles. The number of benzene rings is 2. The van der Waals surface area contributed by atoms with Crippen LogP contribution < -0.4 is 0 Å². The van der Waals surface area contributed by atoms with Crippen LogP contribution in [0.4, 0.5) is 0 Å². The van der Waals surface area contributed by atoms with Gasteiger partial charge < -0.3 is 10.2 Å². The lowest BCUT2D eigenvalue weighted by Gasteiger charge is -2.48. The fraction of sp³-hybridized carbons (Fsp3) is 0.381. The number of phenols is 2. The summed E-state index contributed by atoms with van der Waals surface area (Å²) in [7, 11) is 0. The lowest BCUT2D eigenvalue weighted by atomic mass is 9.55. The number of carbonyl (C=O) groups excluding carboxylic acids is 1. The Morgan fingerprint density at radius 1 is 1.00 bits per heavy atom. The molecular formula is C21H22O3. The standard InChI is InChI=1S/C21H22O3/c22-17-5-1-14(2-6-17)13-21-10-9-19(24)12-16(21)4-3-15-11-18(23)7-8-20(15)21/h1-2,5-8,11,16,22-23H,3-4,9-10,12-13H2/t16?,21-/m0/s1. The molecule has 1 fully saturated rings. The van der Waals surface area contributed by atoms with E-state index >= 15 is 0 Å². The maximum absolute atomic E-state index is 12.1. The van der Waals surface area contributed by atoms with E-state index in [1.807, 2.05) is 18.2 Å². The Labute approximate surface area is 142 Å². The first-order valence-corrected chi connectivity index (χ1v) is 8.69. The first kappa shape index (κ1) is 15.3. The van der Waals surface area contributed by atoms with Gasteiger partial charge in [0.2, 0.25) is 0 Å². The fourth-order valence-electron chi connectivity index (χ4n) is 4.78. The Kier molecular flexibility index (Phi) is 3.60. The highest BCUT2D eigenvalue weighted by Crippen LogP contribution is 2.51. The summed E-state index contributed by atoms with van der Waals surface area (Å²) in [5.41, 5.74) is 3.68. The molecule has 0 aromatic heterocycles. The van der Waals surface area contributed by atoms with Crippen LogP contribution in [0.25, 0.3) is 0 Å². The van der Waals surface area contributed by atoms with E-state index in [4.69, 9.17) is 0 Å². The van der Waals surface area contributed by atoms with Gasteiger partial charge in [-0.2, -0.15) is 0 Å². The van der Waals surface area contributed by atoms with Gasteiger partial charge >= 0.3 is 0 Å². The Morgan fingerprint density at radius 3 is 2.54 bits per heavy atom. The van der Waals surface area contributed by atoms with Crippen molar-refractivity contribution in [2.24, 2.45) is 5.92 Å². The second-order valence-corrected chi connectivity index (χ2v) is 7.32. The molecule has 24 heavy (non-hydrogen) atoms. The topological polar surface area (TPSA) is 57.5 Å². The van der Waals surface area contributed by atoms with Gasteiger partial charge in [0.05, 0.1) is 0 Å². The monoisotopic (exact) mass is 322 g/mol. The van der Waals surface area contributed by atoms with E-state index in [1.54, 1.807) is 18.2 Å². The molecule has 1 saturated carbocycles. The fourth-order valence-corrected chi connectivity index (χ4v) is 4.78. The summed E-state index contributed by atoms with van der Waals surface area (Å²) in [6.45, 7) is 0. The van der Waals surface area contributed by atoms with Gasteiger partial charge in [0.15, 0.2) is 0 Å². The third-order valence-corrected chi connectivity index (χ3v) is 5.95. The van der Waals surface area contributed by atoms with Crippen molar-refractivity contribution in [1.82, 2.24) is 0 Å². The highest BCUT2D eigenvalue weighted by atomic mass is 16.3. The molecule has 4 rings (SSSR count). The zero-order chi connectivity index (χ0) is 16.7. The minimum absolute atomic E-state index is 0.0355. The van der Waals surface area contributed by atoms with Gasteiger partial charge in [0.25, 0.3) is 0 Å². The number of fused-ring (bicyclic) bond motifs is 3. The molecule has 0 amide bonds. The molecule has 124 valence electrons. The Hall–Kier alpha value is -2.29. The number of hydrogen-bond donors (Lipinski definition) is 2. The molecule has 1 unspecified atom stereocenters. The van der Waals surface area contributed by atoms with Crippen LogP contribution in [-0.4, -0.2) is 16.0 Å². The molecule has 2 atom stereocenters. The van der Waals surface area contributed by atoms with E-state index < -0.39 is 0 Å². The molecule has 3 heteroatoms. The molecule has 0 spiro atoms. The van der Waals surface area contributed by atoms with Crippen molar-refractivity contribution in [3.8, 4) is 11.5 Å². The van der Waals surface area contributed by atoms with Crippen molar-refractivity contribution >= 4 is 5.78 Å². The number of aryl methyl sites for hydroxylation is 1. The zero-order valence-corrected chi connectivity index (χ0v) is 13.7. The van der Waals surface area contributed by atoms with Crippen molar-refractivity contribution in [2.45, 2.75) is 43.9 Å². The summed E-state index contributed by atoms with van der Waals surface area (Å²) in [6.07, 6.45) is 4.98. The predicted octanol–water partition coefficient (Wildman–Crippen LogP) is 3.89. The van der Waals surface area contributed by atoms with E-state index in [-0.39, 0.29) is 11.2 Å². The predicted molar refractivity (Wildman–Crippen MR) is 92.3 cm³/mol. The second-order valence-electron chi connectivity index (χ2n) is 7.32. The maximum Gasteiger partial charge on any atom is 0.133 e. The maximum atomic E-state index is 12.1. The van der Waals surface area contributed by atoms with Crippen LogP contribution in [0.3, 0.4) is 0 Å². The van der Waals surface area contributed by atoms with Crippen LogP contribution in [-0.2, 0) is 23.1 Å². The number of carbonyl (C=O) groups is 1. The summed E-state index contributed by atoms with van der Waals surface area (Å²) in [4.78, 5) is 12.1. The van der Waals surface area contributed by atoms with E-state index in [9.17, 15) is 15.0 Å². The molecule has 0 heterocycles. The van der Waals surface area contributed by atoms with Gasteiger partial charge in [-0.15, -0.1) is 0 Å². The molecular weight excluding hydrogens is 300 g/mol. The largest absolute Gasteiger partial charge is 0.508 e. The van der Waals surface area contributed by atoms with Gasteiger partial charge in [-0.1, -0.05) is 18.2 Å². The molecule has 2 aromatic rings. The smallest absolute Gasteiger partial charge is 0.133 e. The SMILES string of the molecule is O=C1CC[C@@]2(Cc3ccc(O)cc3)c3ccc(O)cc3CCC2C1. The van der Waals surface area contributed by atoms with Crippen LogP contribution in [0.1, 0.15) is 42.4 Å². The van der Waals surface area contributed by atoms with Crippen LogP contribution in [0, 0.1) is 5.92 Å². The summed E-state index contributed by atoms with van der Waals surface area (Å²) < 4.78 is 0. The van der Waals surface area contributed by atoms with Crippen LogP contribution in [0.15, 0.2) is 42.5 Å². The number of aromatic hydroxyl groups is 2. The van der Waals surface area contributed by atoms with Crippen LogP contribution in [0.5, 0.6) is 11.5 Å². The molecule has 2 aliphatic rings. The van der Waals surface area contributed by atoms with E-state index in [0.717, 1.165) is 25.7 Å². The molecule has 0 radical (unpaired) electrons. The Morgan fingerprint density at radius 2 is 1.75 bits per heavy atom. The number of ketones is 1. The van der Waals surface area contributed by atoms with Gasteiger partial charge in [-0.3, -0.25) is 4.79 Å². The molecule has 0 bridgehead atoms. The lowest BCUT2D eigenvalue weighted by Crippen LogP contribution is -2.45. The van der Waals surface area contributed by atoms with Crippen molar-refractivity contribution < 1.29 is 15.0 Å². The number of hydrogen-bond acceptors (Lipinski definition) is 3. The molecule has 2 N–H and O–H groups in total. The Bertz CT molecular complexity index is 778. The first-order valence-electron chi connectivity index (χ1n) is 8.69. The molecule has 2 aliphatic carbocycles. The summed E-state index contributed by atoms with van der Waals surface area (Å²) in [6, 6.07) is 13.1. The number of Topliss-reactive ketones (excluding diaryl/α,β-unsaturated/α-hetero) is 1. The summed E-state index contributed by atoms with van der Waals surface area (Å²) in [5, 5.41) is 19.4. The van der Waals surface area contributed by atoms with E-state index in [2.05, 4.69) is 6.07 Å². The average molecular weight is 322 g/mol. The van der Waals surface area contributed by atoms with Crippen LogP contribution >= 0.6 is 0 Å². The minimum Gasteiger partial charge on any atom is -0.508 e. The Balaban J connectivity index is 1.80. The minimum atomic E-state index is -0.0355. The van der Waals surface area contributed by atoms with Crippen molar-refractivity contribution in [3.63, 3.8) is 0 Å². The van der Waals surface area contributed by atoms with Crippen LogP contribution in [0.2, 0.25) is 0 Å². The number of phenolic OH excluding ortho intramolecular Hbond substituents is 2. The normalized spacial score (nSPS) is 25.8. The zero-order valence-electron chi connectivity index (χ0n) is 13.7. The average Bonchev–Trinajstić information content (AvgIpc) is 2.57. The van der Waals surface area contributed by atoms with E-state index in [1.165, 1.54) is 16.7 Å². The second kappa shape index (κ2) is 5.66. The summed E-state index contributed by atoms with van der Waals surface area (Å²) >= 11 is 0. The highest BCUT2D eigenvalue weighted by Gasteiger charge is 2.47. The highest BCUT2D eigenvalue weighted by molar-refractivity contribution is 5.80. The summed E-state index contributed by atoms with van der Waals surface area (Å²) in [5.74, 6) is 1.34. The van der Waals surface area contributed by atoms with Gasteiger partial charge in [-0.05, 0) is 72.6 Å². The first-order chi connectivity index (χ1) is 11.6.